The molecule has 0 spiro atoms. The monoisotopic (exact) mass is 1930 g/mol. The van der Waals surface area contributed by atoms with Gasteiger partial charge >= 0.3 is 0 Å². The van der Waals surface area contributed by atoms with Crippen LogP contribution < -0.4 is 18.3 Å². The predicted molar refractivity (Wildman–Crippen MR) is 627 cm³/mol. The molecule has 4 atom stereocenters. The summed E-state index contributed by atoms with van der Waals surface area (Å²) in [7, 11) is 0. The Kier molecular flexibility index (Phi) is 35.2. The van der Waals surface area contributed by atoms with Gasteiger partial charge in [0.1, 0.15) is 0 Å². The zero-order valence-electron chi connectivity index (χ0n) is 96.1. The van der Waals surface area contributed by atoms with Gasteiger partial charge < -0.3 is 0 Å². The molecule has 4 aromatic heterocycles. The minimum Gasteiger partial charge on any atom is -0.192 e. The number of hydrogen-bond donors (Lipinski definition) is 0. The van der Waals surface area contributed by atoms with E-state index in [0.717, 1.165) is 38.5 Å². The van der Waals surface area contributed by atoms with Gasteiger partial charge in [-0.05, 0) is 232 Å². The second-order valence-corrected chi connectivity index (χ2v) is 39.1. The molecular formula is C142H172N4+4. The average molecular weight is 1930 g/mol. The van der Waals surface area contributed by atoms with Gasteiger partial charge in [-0.1, -0.05) is 409 Å². The summed E-state index contributed by atoms with van der Waals surface area (Å²) in [5.74, 6) is 1.29. The lowest BCUT2D eigenvalue weighted by molar-refractivity contribution is -0.756. The standard InChI is InChI=1S/2C30H26N.2C29H24N.12C2H6/c1-18-26-21-12-6-4-10-19(21)16-23(26)24-17-20-11-5-7-13-22(20)27-25-14-8-9-15-31(25)30(2,3)29(18)28(24)27;1-18-23-16-19-10-4-5-11-20(19)17-24(23)26-21-12-6-7-13-22(21)27-25-14-8-9-15-31(25)30(2,3)29(18)28(26)27;1-17-9-8-14-23-25-21-12-6-7-13-22(21)26-24-19(15-18-10-4-5-11-20(18)24)16-30(28(25)26)29(2,3)27(17)23;1-17-9-8-14-22-25-20-12-6-7-13-21(20)26-23-15-18-10-4-5-11-19(18)24(23)16-30(28(25)26)29(2,3)27(17)22;12*1-2/h2*4-15,27H,16-17H2,1-3H3;2*4-14,16,25H,15H2,1-3H3;12*1-2H3/q4*+1;;;;;;;;;;;;. The number of hydrogen-bond acceptors (Lipinski definition) is 0. The van der Waals surface area contributed by atoms with Gasteiger partial charge in [-0.2, -0.15) is 18.3 Å². The Morgan fingerprint density at radius 3 is 1.01 bits per heavy atom. The summed E-state index contributed by atoms with van der Waals surface area (Å²) in [5.41, 5.74) is 65.0. The molecule has 12 aliphatic rings. The maximum absolute atomic E-state index is 2.62. The lowest BCUT2D eigenvalue weighted by Gasteiger charge is -2.40. The van der Waals surface area contributed by atoms with Crippen molar-refractivity contribution in [2.45, 2.75) is 334 Å². The van der Waals surface area contributed by atoms with Crippen molar-refractivity contribution in [3.05, 3.63) is 470 Å². The van der Waals surface area contributed by atoms with Crippen LogP contribution in [-0.2, 0) is 60.7 Å². The van der Waals surface area contributed by atoms with E-state index in [0.29, 0.717) is 23.7 Å². The van der Waals surface area contributed by atoms with E-state index in [4.69, 9.17) is 0 Å². The second kappa shape index (κ2) is 46.5. The third kappa shape index (κ3) is 17.4. The third-order valence-corrected chi connectivity index (χ3v) is 31.6. The highest BCUT2D eigenvalue weighted by molar-refractivity contribution is 5.96. The highest BCUT2D eigenvalue weighted by Crippen LogP contribution is 2.62. The van der Waals surface area contributed by atoms with Crippen molar-refractivity contribution < 1.29 is 18.3 Å². The predicted octanol–water partition coefficient (Wildman–Crippen LogP) is 36.6. The number of aryl methyl sites for hydroxylation is 2. The van der Waals surface area contributed by atoms with Crippen LogP contribution in [0.5, 0.6) is 0 Å². The molecule has 0 saturated heterocycles. The number of aromatic nitrogens is 4. The fraction of sp³-hybridized carbons (Fsp3) is 0.352. The molecule has 4 aliphatic heterocycles. The summed E-state index contributed by atoms with van der Waals surface area (Å²) in [6.45, 7) is 76.5. The van der Waals surface area contributed by atoms with Crippen LogP contribution in [0.15, 0.2) is 292 Å². The summed E-state index contributed by atoms with van der Waals surface area (Å²) >= 11 is 0. The molecule has 0 fully saturated rings. The van der Waals surface area contributed by atoms with Crippen LogP contribution in [0.4, 0.5) is 0 Å². The van der Waals surface area contributed by atoms with E-state index >= 15 is 0 Å². The van der Waals surface area contributed by atoms with Crippen molar-refractivity contribution in [1.82, 2.24) is 0 Å². The smallest absolute Gasteiger partial charge is 0.192 e. The fourth-order valence-corrected chi connectivity index (χ4v) is 27.0. The SMILES string of the molecule is CC.CC.CC.CC.CC.CC.CC.CC.CC.CC.CC.CC.Cc1c2c(c3c4c1C(C)(C)[n+]1ccccc1C4c1ccccc1-3)Cc1ccccc1C2.Cc1c2c(c3c4c1C(C)(C)[n+]1ccccc1C4c1ccccc1C3)Cc1ccccc1-2.Cc1cccc2c1C(C)(C)[n+]1cc3c(c4c1C2c1ccccc1-4)-c1ccccc1C3.Cc1cccc2c1C(C)(C)[n+]1cc3c(c4c1C2c1ccccc1-4)Cc1ccccc1-3. The van der Waals surface area contributed by atoms with Gasteiger partial charge in [0.15, 0.2) is 58.3 Å². The second-order valence-electron chi connectivity index (χ2n) is 39.1. The van der Waals surface area contributed by atoms with Crippen molar-refractivity contribution in [3.63, 3.8) is 0 Å². The average Bonchev–Trinajstić information content (AvgIpc) is 1.35. The Labute approximate surface area is 882 Å². The maximum atomic E-state index is 2.62. The summed E-state index contributed by atoms with van der Waals surface area (Å²) in [4.78, 5) is 0. The molecule has 8 heterocycles. The van der Waals surface area contributed by atoms with Gasteiger partial charge in [-0.15, -0.1) is 0 Å². The molecule has 8 aliphatic carbocycles. The highest BCUT2D eigenvalue weighted by Gasteiger charge is 2.58. The molecule has 756 valence electrons. The first kappa shape index (κ1) is 110. The van der Waals surface area contributed by atoms with Gasteiger partial charge in [0, 0.05) is 119 Å². The highest BCUT2D eigenvalue weighted by atomic mass is 15.1. The first-order chi connectivity index (χ1) is 71.3. The van der Waals surface area contributed by atoms with Crippen LogP contribution >= 0.6 is 0 Å². The number of pyridine rings is 4. The van der Waals surface area contributed by atoms with Gasteiger partial charge in [0.05, 0.1) is 40.4 Å². The van der Waals surface area contributed by atoms with Crippen molar-refractivity contribution in [3.8, 4) is 66.8 Å². The fourth-order valence-electron chi connectivity index (χ4n) is 27.0. The zero-order chi connectivity index (χ0) is 106. The van der Waals surface area contributed by atoms with Crippen LogP contribution in [0.25, 0.3) is 66.8 Å². The summed E-state index contributed by atoms with van der Waals surface area (Å²) in [6.07, 6.45) is 15.8. The topological polar surface area (TPSA) is 15.5 Å². The molecule has 0 radical (unpaired) electrons. The Bertz CT molecular complexity index is 7410. The molecule has 16 aromatic rings. The van der Waals surface area contributed by atoms with E-state index in [1.54, 1.807) is 44.5 Å². The van der Waals surface area contributed by atoms with Crippen LogP contribution in [0, 0.1) is 27.7 Å². The number of rotatable bonds is 0. The molecule has 4 unspecified atom stereocenters. The van der Waals surface area contributed by atoms with E-state index in [-0.39, 0.29) is 22.2 Å². The van der Waals surface area contributed by atoms with E-state index in [9.17, 15) is 0 Å². The summed E-state index contributed by atoms with van der Waals surface area (Å²) in [6, 6.07) is 99.7. The molecule has 28 rings (SSSR count). The van der Waals surface area contributed by atoms with Crippen LogP contribution in [0.1, 0.15) is 424 Å². The van der Waals surface area contributed by atoms with Gasteiger partial charge in [0.25, 0.3) is 0 Å². The van der Waals surface area contributed by atoms with E-state index in [2.05, 4.69) is 393 Å². The minimum absolute atomic E-state index is 0.0741. The zero-order valence-corrected chi connectivity index (χ0v) is 96.1. The molecular weight excluding hydrogens is 1760 g/mol. The first-order valence-corrected chi connectivity index (χ1v) is 56.8. The van der Waals surface area contributed by atoms with Crippen molar-refractivity contribution in [1.29, 1.82) is 0 Å². The van der Waals surface area contributed by atoms with Crippen LogP contribution in [-0.4, -0.2) is 0 Å². The molecule has 12 aromatic carbocycles. The minimum atomic E-state index is -0.0874. The molecule has 0 amide bonds. The van der Waals surface area contributed by atoms with Crippen molar-refractivity contribution in [2.75, 3.05) is 0 Å². The molecule has 0 N–H and O–H groups in total. The Morgan fingerprint density at radius 2 is 0.521 bits per heavy atom. The van der Waals surface area contributed by atoms with Crippen LogP contribution in [0.2, 0.25) is 0 Å². The number of benzene rings is 12. The lowest BCUT2D eigenvalue weighted by atomic mass is 9.65. The molecule has 0 saturated carbocycles. The molecule has 4 heteroatoms. The number of fused-ring (bicyclic) bond motifs is 34. The van der Waals surface area contributed by atoms with E-state index < -0.39 is 0 Å². The Balaban J connectivity index is 0.000000152. The first-order valence-electron chi connectivity index (χ1n) is 56.8. The van der Waals surface area contributed by atoms with Crippen molar-refractivity contribution >= 4 is 0 Å². The summed E-state index contributed by atoms with van der Waals surface area (Å²) in [5, 5.41) is 0. The third-order valence-electron chi connectivity index (χ3n) is 31.6. The largest absolute Gasteiger partial charge is 0.202 e. The Hall–Kier alpha value is -12.8. The van der Waals surface area contributed by atoms with Gasteiger partial charge in [0.2, 0.25) is 11.4 Å². The number of nitrogens with zero attached hydrogens (tertiary/aromatic N) is 4. The summed E-state index contributed by atoms with van der Waals surface area (Å²) < 4.78 is 10.3. The lowest BCUT2D eigenvalue weighted by Crippen LogP contribution is -2.60. The van der Waals surface area contributed by atoms with E-state index in [1.165, 1.54) is 201 Å². The molecule has 0 bridgehead atoms. The normalized spacial score (nSPS) is 15.9. The van der Waals surface area contributed by atoms with Crippen LogP contribution in [0.3, 0.4) is 0 Å². The van der Waals surface area contributed by atoms with E-state index in [1.807, 2.05) is 166 Å². The van der Waals surface area contributed by atoms with Gasteiger partial charge in [-0.3, -0.25) is 0 Å². The molecule has 4 nitrogen and oxygen atoms in total. The van der Waals surface area contributed by atoms with Gasteiger partial charge in [-0.25, -0.2) is 0 Å². The molecule has 146 heavy (non-hydrogen) atoms. The maximum Gasteiger partial charge on any atom is 0.202 e. The van der Waals surface area contributed by atoms with Crippen molar-refractivity contribution in [2.24, 2.45) is 0 Å². The quantitative estimate of drug-likeness (QED) is 0.135. The Morgan fingerprint density at radius 1 is 0.199 bits per heavy atom.